The quantitative estimate of drug-likeness (QED) is 0.840. The fourth-order valence-electron chi connectivity index (χ4n) is 3.82. The van der Waals surface area contributed by atoms with E-state index in [9.17, 15) is 4.79 Å². The van der Waals surface area contributed by atoms with Crippen molar-refractivity contribution < 1.29 is 4.79 Å². The van der Waals surface area contributed by atoms with Crippen LogP contribution >= 0.6 is 0 Å². The second-order valence-corrected chi connectivity index (χ2v) is 7.40. The Morgan fingerprint density at radius 2 is 1.59 bits per heavy atom. The van der Waals surface area contributed by atoms with E-state index in [4.69, 9.17) is 5.10 Å². The summed E-state index contributed by atoms with van der Waals surface area (Å²) < 4.78 is 0. The molecule has 2 aromatic carbocycles. The fourth-order valence-corrected chi connectivity index (χ4v) is 3.82. The molecule has 0 saturated carbocycles. The molecule has 27 heavy (non-hydrogen) atoms. The van der Waals surface area contributed by atoms with E-state index in [1.807, 2.05) is 36.4 Å². The number of amidine groups is 1. The highest BCUT2D eigenvalue weighted by molar-refractivity contribution is 6.02. The molecule has 0 atom stereocenters. The van der Waals surface area contributed by atoms with Gasteiger partial charge in [-0.1, -0.05) is 60.7 Å². The van der Waals surface area contributed by atoms with Crippen molar-refractivity contribution in [3.63, 3.8) is 0 Å². The predicted octanol–water partition coefficient (Wildman–Crippen LogP) is 2.79. The molecule has 5 nitrogen and oxygen atoms in total. The van der Waals surface area contributed by atoms with Gasteiger partial charge in [0.1, 0.15) is 6.54 Å². The Bertz CT molecular complexity index is 798. The van der Waals surface area contributed by atoms with E-state index in [1.54, 1.807) is 5.01 Å². The summed E-state index contributed by atoms with van der Waals surface area (Å²) in [6, 6.07) is 20.7. The van der Waals surface area contributed by atoms with Gasteiger partial charge in [-0.2, -0.15) is 5.10 Å². The SMILES string of the molecule is CN1CCC(N2N=C(c3ccccc3)N(Cc3ccccc3)CC2=O)CC1. The molecule has 0 N–H and O–H groups in total. The molecule has 2 aliphatic rings. The van der Waals surface area contributed by atoms with Crippen LogP contribution in [0.4, 0.5) is 0 Å². The number of carbonyl (C=O) groups is 1. The molecule has 2 heterocycles. The molecule has 5 heteroatoms. The largest absolute Gasteiger partial charge is 0.341 e. The maximum Gasteiger partial charge on any atom is 0.262 e. The van der Waals surface area contributed by atoms with Gasteiger partial charge in [0.2, 0.25) is 0 Å². The maximum atomic E-state index is 12.9. The van der Waals surface area contributed by atoms with Crippen molar-refractivity contribution in [2.24, 2.45) is 5.10 Å². The highest BCUT2D eigenvalue weighted by Gasteiger charge is 2.33. The van der Waals surface area contributed by atoms with Gasteiger partial charge in [0, 0.05) is 12.1 Å². The number of hydrogen-bond acceptors (Lipinski definition) is 4. The van der Waals surface area contributed by atoms with Crippen LogP contribution in [0.25, 0.3) is 0 Å². The molecule has 4 rings (SSSR count). The Labute approximate surface area is 160 Å². The summed E-state index contributed by atoms with van der Waals surface area (Å²) in [6.07, 6.45) is 1.96. The Hall–Kier alpha value is -2.66. The van der Waals surface area contributed by atoms with Crippen LogP contribution in [0.1, 0.15) is 24.0 Å². The molecule has 1 saturated heterocycles. The van der Waals surface area contributed by atoms with Gasteiger partial charge in [0.05, 0.1) is 6.04 Å². The standard InChI is InChI=1S/C22H26N4O/c1-24-14-12-20(13-15-24)26-21(27)17-25(16-18-8-4-2-5-9-18)22(23-26)19-10-6-3-7-11-19/h2-11,20H,12-17H2,1H3. The van der Waals surface area contributed by atoms with Crippen molar-refractivity contribution in [3.05, 3.63) is 71.8 Å². The van der Waals surface area contributed by atoms with Gasteiger partial charge >= 0.3 is 0 Å². The zero-order valence-corrected chi connectivity index (χ0v) is 15.8. The number of rotatable bonds is 4. The first-order chi connectivity index (χ1) is 13.2. The second kappa shape index (κ2) is 7.92. The Morgan fingerprint density at radius 3 is 2.26 bits per heavy atom. The number of nitrogens with zero attached hydrogens (tertiary/aromatic N) is 4. The molecule has 0 bridgehead atoms. The summed E-state index contributed by atoms with van der Waals surface area (Å²) in [4.78, 5) is 17.3. The van der Waals surface area contributed by atoms with Crippen LogP contribution < -0.4 is 0 Å². The average molecular weight is 362 g/mol. The van der Waals surface area contributed by atoms with Crippen molar-refractivity contribution in [1.29, 1.82) is 0 Å². The third-order valence-corrected chi connectivity index (χ3v) is 5.37. The van der Waals surface area contributed by atoms with Crippen LogP contribution in [0.2, 0.25) is 0 Å². The molecular formula is C22H26N4O. The van der Waals surface area contributed by atoms with Crippen LogP contribution in [0.3, 0.4) is 0 Å². The molecule has 0 radical (unpaired) electrons. The molecule has 0 spiro atoms. The number of amides is 1. The lowest BCUT2D eigenvalue weighted by molar-refractivity contribution is -0.136. The number of hydrogen-bond donors (Lipinski definition) is 0. The van der Waals surface area contributed by atoms with E-state index in [1.165, 1.54) is 5.56 Å². The Kier molecular flexibility index (Phi) is 5.21. The van der Waals surface area contributed by atoms with E-state index in [0.29, 0.717) is 13.1 Å². The lowest BCUT2D eigenvalue weighted by atomic mass is 10.0. The predicted molar refractivity (Wildman–Crippen MR) is 107 cm³/mol. The smallest absolute Gasteiger partial charge is 0.262 e. The first-order valence-electron chi connectivity index (χ1n) is 9.64. The fraction of sp³-hybridized carbons (Fsp3) is 0.364. The second-order valence-electron chi connectivity index (χ2n) is 7.40. The van der Waals surface area contributed by atoms with Gasteiger partial charge in [-0.15, -0.1) is 0 Å². The van der Waals surface area contributed by atoms with E-state index in [-0.39, 0.29) is 11.9 Å². The molecule has 2 aliphatic heterocycles. The lowest BCUT2D eigenvalue weighted by Crippen LogP contribution is -2.52. The summed E-state index contributed by atoms with van der Waals surface area (Å²) in [5.74, 6) is 0.984. The summed E-state index contributed by atoms with van der Waals surface area (Å²) in [5.41, 5.74) is 2.24. The molecule has 0 aromatic heterocycles. The van der Waals surface area contributed by atoms with Crippen LogP contribution in [-0.2, 0) is 11.3 Å². The molecule has 0 aliphatic carbocycles. The van der Waals surface area contributed by atoms with Crippen LogP contribution in [0, 0.1) is 0 Å². The van der Waals surface area contributed by atoms with Crippen molar-refractivity contribution >= 4 is 11.7 Å². The number of hydrazone groups is 1. The third kappa shape index (κ3) is 4.03. The summed E-state index contributed by atoms with van der Waals surface area (Å²) in [7, 11) is 2.13. The van der Waals surface area contributed by atoms with Gasteiger partial charge in [0.25, 0.3) is 5.91 Å². The minimum Gasteiger partial charge on any atom is -0.341 e. The van der Waals surface area contributed by atoms with Crippen LogP contribution in [-0.4, -0.2) is 59.3 Å². The maximum absolute atomic E-state index is 12.9. The molecule has 2 aromatic rings. The minimum atomic E-state index is 0.0974. The van der Waals surface area contributed by atoms with Gasteiger partial charge < -0.3 is 9.80 Å². The summed E-state index contributed by atoms with van der Waals surface area (Å²) >= 11 is 0. The number of piperidine rings is 1. The van der Waals surface area contributed by atoms with Gasteiger partial charge in [-0.25, -0.2) is 5.01 Å². The van der Waals surface area contributed by atoms with Gasteiger partial charge in [-0.05, 0) is 38.5 Å². The third-order valence-electron chi connectivity index (χ3n) is 5.37. The summed E-state index contributed by atoms with van der Waals surface area (Å²) in [6.45, 7) is 3.08. The van der Waals surface area contributed by atoms with Crippen molar-refractivity contribution in [2.45, 2.75) is 25.4 Å². The Morgan fingerprint density at radius 1 is 0.963 bits per heavy atom. The first kappa shape index (κ1) is 17.7. The molecule has 1 fully saturated rings. The number of carbonyl (C=O) groups excluding carboxylic acids is 1. The van der Waals surface area contributed by atoms with Crippen LogP contribution in [0.15, 0.2) is 65.8 Å². The molecule has 0 unspecified atom stereocenters. The zero-order chi connectivity index (χ0) is 18.6. The van der Waals surface area contributed by atoms with E-state index >= 15 is 0 Å². The van der Waals surface area contributed by atoms with E-state index in [0.717, 1.165) is 37.3 Å². The molecule has 140 valence electrons. The highest BCUT2D eigenvalue weighted by Crippen LogP contribution is 2.22. The van der Waals surface area contributed by atoms with Gasteiger partial charge in [-0.3, -0.25) is 4.79 Å². The van der Waals surface area contributed by atoms with E-state index in [2.05, 4.69) is 41.1 Å². The topological polar surface area (TPSA) is 39.1 Å². The van der Waals surface area contributed by atoms with Crippen molar-refractivity contribution in [3.8, 4) is 0 Å². The first-order valence-corrected chi connectivity index (χ1v) is 9.64. The Balaban J connectivity index is 1.64. The zero-order valence-electron chi connectivity index (χ0n) is 15.8. The average Bonchev–Trinajstić information content (AvgIpc) is 2.70. The molecule has 1 amide bonds. The van der Waals surface area contributed by atoms with Gasteiger partial charge in [0.15, 0.2) is 5.84 Å². The minimum absolute atomic E-state index is 0.0974. The molecular weight excluding hydrogens is 336 g/mol. The number of benzene rings is 2. The highest BCUT2D eigenvalue weighted by atomic mass is 16.2. The van der Waals surface area contributed by atoms with Crippen molar-refractivity contribution in [1.82, 2.24) is 14.8 Å². The van der Waals surface area contributed by atoms with Crippen molar-refractivity contribution in [2.75, 3.05) is 26.7 Å². The summed E-state index contributed by atoms with van der Waals surface area (Å²) in [5, 5.41) is 6.63. The normalized spacial score (nSPS) is 19.3. The van der Waals surface area contributed by atoms with Crippen LogP contribution in [0.5, 0.6) is 0 Å². The number of likely N-dealkylation sites (tertiary alicyclic amines) is 1. The lowest BCUT2D eigenvalue weighted by Gasteiger charge is -2.39. The van der Waals surface area contributed by atoms with E-state index < -0.39 is 0 Å². The monoisotopic (exact) mass is 362 g/mol.